The number of hydrogen-bond donors (Lipinski definition) is 0. The maximum atomic E-state index is 6.63. The van der Waals surface area contributed by atoms with Crippen molar-refractivity contribution in [1.29, 1.82) is 0 Å². The standard InChI is InChI=1S/C51H31N3O2/c1-4-13-32(14-5-1)35-19-12-20-37(27-35)43-28-39(31-47-48(43)42-21-10-11-22-44(42)55-47)36-23-25-40-41-26-24-38(30-46(41)56-45(40)29-36)51-53-49(33-15-6-2-7-16-33)52-50(54-51)34-17-8-3-9-18-34/h1-31H. The summed E-state index contributed by atoms with van der Waals surface area (Å²) in [6.45, 7) is 0. The molecule has 0 unspecified atom stereocenters. The van der Waals surface area contributed by atoms with E-state index in [0.29, 0.717) is 17.5 Å². The van der Waals surface area contributed by atoms with Gasteiger partial charge in [-0.2, -0.15) is 0 Å². The highest BCUT2D eigenvalue weighted by Gasteiger charge is 2.18. The summed E-state index contributed by atoms with van der Waals surface area (Å²) >= 11 is 0. The number of fused-ring (bicyclic) bond motifs is 6. The highest BCUT2D eigenvalue weighted by molar-refractivity contribution is 6.14. The molecular formula is C51H31N3O2. The van der Waals surface area contributed by atoms with Crippen molar-refractivity contribution in [2.75, 3.05) is 0 Å². The Morgan fingerprint density at radius 3 is 1.43 bits per heavy atom. The van der Waals surface area contributed by atoms with Gasteiger partial charge >= 0.3 is 0 Å². The van der Waals surface area contributed by atoms with E-state index < -0.39 is 0 Å². The minimum absolute atomic E-state index is 0.587. The van der Waals surface area contributed by atoms with E-state index in [2.05, 4.69) is 103 Å². The molecule has 262 valence electrons. The minimum atomic E-state index is 0.587. The molecule has 0 radical (unpaired) electrons. The summed E-state index contributed by atoms with van der Waals surface area (Å²) in [6.07, 6.45) is 0. The van der Waals surface area contributed by atoms with Crippen LogP contribution >= 0.6 is 0 Å². The first-order valence-corrected chi connectivity index (χ1v) is 18.7. The lowest BCUT2D eigenvalue weighted by Crippen LogP contribution is -2.00. The molecule has 8 aromatic carbocycles. The molecule has 0 bridgehead atoms. The van der Waals surface area contributed by atoms with Gasteiger partial charge in [0.05, 0.1) is 0 Å². The van der Waals surface area contributed by atoms with E-state index in [1.54, 1.807) is 0 Å². The maximum absolute atomic E-state index is 6.63. The molecule has 3 aromatic heterocycles. The second-order valence-electron chi connectivity index (χ2n) is 14.0. The first kappa shape index (κ1) is 31.9. The fourth-order valence-corrected chi connectivity index (χ4v) is 7.78. The lowest BCUT2D eigenvalue weighted by Gasteiger charge is -2.11. The number of hydrogen-bond acceptors (Lipinski definition) is 5. The van der Waals surface area contributed by atoms with Gasteiger partial charge in [-0.1, -0.05) is 140 Å². The molecule has 0 saturated heterocycles. The van der Waals surface area contributed by atoms with E-state index >= 15 is 0 Å². The average Bonchev–Trinajstić information content (AvgIpc) is 3.84. The van der Waals surface area contributed by atoms with Crippen LogP contribution in [0.4, 0.5) is 0 Å². The third-order valence-electron chi connectivity index (χ3n) is 10.5. The van der Waals surface area contributed by atoms with Crippen molar-refractivity contribution in [2.45, 2.75) is 0 Å². The number of benzene rings is 8. The second kappa shape index (κ2) is 13.0. The molecule has 0 aliphatic carbocycles. The fourth-order valence-electron chi connectivity index (χ4n) is 7.78. The zero-order chi connectivity index (χ0) is 37.0. The number of furan rings is 2. The van der Waals surface area contributed by atoms with E-state index in [1.807, 2.05) is 84.9 Å². The van der Waals surface area contributed by atoms with Gasteiger partial charge in [-0.25, -0.2) is 15.0 Å². The molecule has 0 aliphatic heterocycles. The smallest absolute Gasteiger partial charge is 0.164 e. The topological polar surface area (TPSA) is 65.0 Å². The zero-order valence-corrected chi connectivity index (χ0v) is 30.1. The lowest BCUT2D eigenvalue weighted by atomic mass is 9.92. The van der Waals surface area contributed by atoms with Crippen molar-refractivity contribution in [3.63, 3.8) is 0 Å². The van der Waals surface area contributed by atoms with Crippen LogP contribution < -0.4 is 0 Å². The fraction of sp³-hybridized carbons (Fsp3) is 0. The molecule has 0 atom stereocenters. The van der Waals surface area contributed by atoms with Gasteiger partial charge in [0.15, 0.2) is 17.5 Å². The number of rotatable bonds is 6. The molecule has 56 heavy (non-hydrogen) atoms. The molecule has 5 nitrogen and oxygen atoms in total. The monoisotopic (exact) mass is 717 g/mol. The van der Waals surface area contributed by atoms with Gasteiger partial charge in [-0.3, -0.25) is 0 Å². The third-order valence-corrected chi connectivity index (χ3v) is 10.5. The maximum Gasteiger partial charge on any atom is 0.164 e. The molecule has 11 rings (SSSR count). The third kappa shape index (κ3) is 5.53. The van der Waals surface area contributed by atoms with Crippen LogP contribution in [-0.4, -0.2) is 15.0 Å². The molecule has 11 aromatic rings. The predicted octanol–water partition coefficient (Wildman–Crippen LogP) is 13.7. The summed E-state index contributed by atoms with van der Waals surface area (Å²) < 4.78 is 13.1. The van der Waals surface area contributed by atoms with E-state index in [9.17, 15) is 0 Å². The molecule has 0 amide bonds. The Hall–Kier alpha value is -7.63. The number of nitrogens with zero attached hydrogens (tertiary/aromatic N) is 3. The Labute approximate surface area is 322 Å². The van der Waals surface area contributed by atoms with Gasteiger partial charge in [0.25, 0.3) is 0 Å². The van der Waals surface area contributed by atoms with Crippen molar-refractivity contribution in [3.05, 3.63) is 188 Å². The summed E-state index contributed by atoms with van der Waals surface area (Å²) in [4.78, 5) is 14.7. The van der Waals surface area contributed by atoms with Crippen molar-refractivity contribution >= 4 is 43.9 Å². The SMILES string of the molecule is c1ccc(-c2cccc(-c3cc(-c4ccc5c(c4)oc4cc(-c6nc(-c7ccccc7)nc(-c7ccccc7)n6)ccc45)cc4oc5ccccc5c34)c2)cc1. The van der Waals surface area contributed by atoms with Crippen LogP contribution in [0.15, 0.2) is 197 Å². The Kier molecular flexibility index (Phi) is 7.42. The van der Waals surface area contributed by atoms with Crippen LogP contribution in [0.5, 0.6) is 0 Å². The number of aromatic nitrogens is 3. The highest BCUT2D eigenvalue weighted by Crippen LogP contribution is 2.42. The van der Waals surface area contributed by atoms with E-state index in [-0.39, 0.29) is 0 Å². The predicted molar refractivity (Wildman–Crippen MR) is 227 cm³/mol. The molecule has 3 heterocycles. The molecule has 0 aliphatic rings. The van der Waals surface area contributed by atoms with Crippen molar-refractivity contribution in [2.24, 2.45) is 0 Å². The second-order valence-corrected chi connectivity index (χ2v) is 14.0. The summed E-state index contributed by atoms with van der Waals surface area (Å²) in [6, 6.07) is 64.7. The van der Waals surface area contributed by atoms with Crippen LogP contribution in [-0.2, 0) is 0 Å². The highest BCUT2D eigenvalue weighted by atomic mass is 16.3. The van der Waals surface area contributed by atoms with Crippen molar-refractivity contribution < 1.29 is 8.83 Å². The van der Waals surface area contributed by atoms with Crippen molar-refractivity contribution in [3.8, 4) is 67.5 Å². The summed E-state index contributed by atoms with van der Waals surface area (Å²) in [5.41, 5.74) is 12.7. The first-order chi connectivity index (χ1) is 27.7. The van der Waals surface area contributed by atoms with Crippen LogP contribution in [0.25, 0.3) is 111 Å². The van der Waals surface area contributed by atoms with E-state index in [4.69, 9.17) is 23.8 Å². The zero-order valence-electron chi connectivity index (χ0n) is 30.1. The van der Waals surface area contributed by atoms with Crippen molar-refractivity contribution in [1.82, 2.24) is 15.0 Å². The Bertz CT molecular complexity index is 3180. The first-order valence-electron chi connectivity index (χ1n) is 18.7. The van der Waals surface area contributed by atoms with Gasteiger partial charge in [-0.15, -0.1) is 0 Å². The van der Waals surface area contributed by atoms with Crippen LogP contribution in [0, 0.1) is 0 Å². The Morgan fingerprint density at radius 2 is 0.750 bits per heavy atom. The van der Waals surface area contributed by atoms with Gasteiger partial charge < -0.3 is 8.83 Å². The van der Waals surface area contributed by atoms with Crippen LogP contribution in [0.3, 0.4) is 0 Å². The quantitative estimate of drug-likeness (QED) is 0.171. The molecule has 0 fully saturated rings. The minimum Gasteiger partial charge on any atom is -0.456 e. The summed E-state index contributed by atoms with van der Waals surface area (Å²) in [5, 5.41) is 4.28. The molecule has 0 N–H and O–H groups in total. The Morgan fingerprint density at radius 1 is 0.268 bits per heavy atom. The van der Waals surface area contributed by atoms with Crippen LogP contribution in [0.2, 0.25) is 0 Å². The molecule has 0 saturated carbocycles. The largest absolute Gasteiger partial charge is 0.456 e. The molecular weight excluding hydrogens is 687 g/mol. The van der Waals surface area contributed by atoms with E-state index in [0.717, 1.165) is 82.8 Å². The van der Waals surface area contributed by atoms with Gasteiger partial charge in [0, 0.05) is 38.2 Å². The normalized spacial score (nSPS) is 11.6. The molecule has 5 heteroatoms. The average molecular weight is 718 g/mol. The van der Waals surface area contributed by atoms with E-state index in [1.165, 1.54) is 11.1 Å². The number of para-hydroxylation sites is 1. The van der Waals surface area contributed by atoms with Gasteiger partial charge in [-0.05, 0) is 81.9 Å². The van der Waals surface area contributed by atoms with Crippen LogP contribution in [0.1, 0.15) is 0 Å². The molecule has 0 spiro atoms. The Balaban J connectivity index is 1.03. The lowest BCUT2D eigenvalue weighted by molar-refractivity contribution is 0.668. The summed E-state index contributed by atoms with van der Waals surface area (Å²) in [5.74, 6) is 1.83. The van der Waals surface area contributed by atoms with Gasteiger partial charge in [0.1, 0.15) is 22.3 Å². The van der Waals surface area contributed by atoms with Gasteiger partial charge in [0.2, 0.25) is 0 Å². The summed E-state index contributed by atoms with van der Waals surface area (Å²) in [7, 11) is 0.